The van der Waals surface area contributed by atoms with Gasteiger partial charge in [-0.25, -0.2) is 4.98 Å². The van der Waals surface area contributed by atoms with Crippen molar-refractivity contribution in [3.63, 3.8) is 0 Å². The second-order valence-electron chi connectivity index (χ2n) is 3.02. The Labute approximate surface area is 90.3 Å². The summed E-state index contributed by atoms with van der Waals surface area (Å²) in [5, 5.41) is 3.06. The quantitative estimate of drug-likeness (QED) is 0.852. The van der Waals surface area contributed by atoms with Crippen molar-refractivity contribution >= 4 is 27.3 Å². The summed E-state index contributed by atoms with van der Waals surface area (Å²) in [6.07, 6.45) is 0. The molecule has 0 unspecified atom stereocenters. The molecule has 2 rings (SSSR count). The molecule has 74 valence electrons. The Balaban J connectivity index is 2.72. The lowest BCUT2D eigenvalue weighted by atomic mass is 10.4. The van der Waals surface area contributed by atoms with Crippen LogP contribution in [0.1, 0.15) is 5.82 Å². The van der Waals surface area contributed by atoms with Crippen molar-refractivity contribution in [1.82, 2.24) is 14.7 Å². The number of rotatable bonds is 2. The zero-order valence-electron chi connectivity index (χ0n) is 7.79. The molecule has 2 heterocycles. The molecule has 3 N–H and O–H groups in total. The summed E-state index contributed by atoms with van der Waals surface area (Å²) in [4.78, 5) is 4.38. The van der Waals surface area contributed by atoms with Crippen LogP contribution < -0.4 is 11.1 Å². The molecular formula is C9H11BrN4. The lowest BCUT2D eigenvalue weighted by molar-refractivity contribution is 0.756. The van der Waals surface area contributed by atoms with E-state index in [0.717, 1.165) is 15.9 Å². The van der Waals surface area contributed by atoms with E-state index in [-0.39, 0.29) is 0 Å². The summed E-state index contributed by atoms with van der Waals surface area (Å²) < 4.78 is 2.76. The summed E-state index contributed by atoms with van der Waals surface area (Å²) in [7, 11) is 1.88. The highest BCUT2D eigenvalue weighted by Crippen LogP contribution is 2.21. The number of halogens is 1. The number of nitrogen functional groups attached to an aromatic ring is 1. The van der Waals surface area contributed by atoms with Crippen LogP contribution in [0.5, 0.6) is 0 Å². The van der Waals surface area contributed by atoms with Crippen molar-refractivity contribution in [1.29, 1.82) is 0 Å². The molecule has 2 aromatic heterocycles. The molecule has 14 heavy (non-hydrogen) atoms. The Morgan fingerprint density at radius 1 is 1.57 bits per heavy atom. The Bertz CT molecular complexity index is 463. The van der Waals surface area contributed by atoms with E-state index < -0.39 is 0 Å². The van der Waals surface area contributed by atoms with E-state index >= 15 is 0 Å². The number of hydrogen-bond donors (Lipinski definition) is 2. The first-order valence-corrected chi connectivity index (χ1v) is 5.09. The summed E-state index contributed by atoms with van der Waals surface area (Å²) in [6.45, 7) is 0.695. The van der Waals surface area contributed by atoms with Crippen molar-refractivity contribution in [2.75, 3.05) is 12.8 Å². The van der Waals surface area contributed by atoms with Gasteiger partial charge in [-0.05, 0) is 35.1 Å². The van der Waals surface area contributed by atoms with Gasteiger partial charge in [-0.1, -0.05) is 6.07 Å². The van der Waals surface area contributed by atoms with Gasteiger partial charge in [-0.3, -0.25) is 4.40 Å². The zero-order valence-corrected chi connectivity index (χ0v) is 9.37. The van der Waals surface area contributed by atoms with Crippen molar-refractivity contribution in [3.8, 4) is 0 Å². The summed E-state index contributed by atoms with van der Waals surface area (Å²) in [5.41, 5.74) is 6.87. The van der Waals surface area contributed by atoms with Crippen LogP contribution in [0.15, 0.2) is 22.8 Å². The lowest BCUT2D eigenvalue weighted by Gasteiger charge is -2.03. The molecule has 0 aromatic carbocycles. The van der Waals surface area contributed by atoms with E-state index in [1.54, 1.807) is 0 Å². The first-order chi connectivity index (χ1) is 6.74. The Kier molecular flexibility index (Phi) is 2.43. The van der Waals surface area contributed by atoms with Gasteiger partial charge >= 0.3 is 0 Å². The smallest absolute Gasteiger partial charge is 0.132 e. The monoisotopic (exact) mass is 254 g/mol. The van der Waals surface area contributed by atoms with Gasteiger partial charge in [0.25, 0.3) is 0 Å². The predicted molar refractivity (Wildman–Crippen MR) is 60.1 cm³/mol. The van der Waals surface area contributed by atoms with E-state index in [0.29, 0.717) is 12.4 Å². The molecule has 2 aromatic rings. The van der Waals surface area contributed by atoms with Crippen molar-refractivity contribution < 1.29 is 0 Å². The van der Waals surface area contributed by atoms with Gasteiger partial charge in [0, 0.05) is 0 Å². The van der Waals surface area contributed by atoms with Crippen LogP contribution in [0.3, 0.4) is 0 Å². The van der Waals surface area contributed by atoms with Crippen molar-refractivity contribution in [3.05, 3.63) is 28.6 Å². The minimum absolute atomic E-state index is 0.695. The van der Waals surface area contributed by atoms with Crippen LogP contribution in [0.25, 0.3) is 5.52 Å². The third-order valence-corrected chi connectivity index (χ3v) is 2.64. The highest BCUT2D eigenvalue weighted by atomic mass is 79.9. The number of pyridine rings is 1. The van der Waals surface area contributed by atoms with Crippen LogP contribution in [0.4, 0.5) is 5.82 Å². The van der Waals surface area contributed by atoms with Crippen LogP contribution in [-0.2, 0) is 6.54 Å². The molecule has 4 nitrogen and oxygen atoms in total. The topological polar surface area (TPSA) is 55.3 Å². The molecule has 0 atom stereocenters. The van der Waals surface area contributed by atoms with E-state index in [1.165, 1.54) is 0 Å². The summed E-state index contributed by atoms with van der Waals surface area (Å²) in [6, 6.07) is 5.76. The van der Waals surface area contributed by atoms with Gasteiger partial charge in [0.2, 0.25) is 0 Å². The number of aromatic nitrogens is 2. The van der Waals surface area contributed by atoms with E-state index in [9.17, 15) is 0 Å². The number of fused-ring (bicyclic) bond motifs is 1. The first-order valence-electron chi connectivity index (χ1n) is 4.30. The fraction of sp³-hybridized carbons (Fsp3) is 0.222. The maximum atomic E-state index is 5.87. The van der Waals surface area contributed by atoms with Gasteiger partial charge in [-0.2, -0.15) is 0 Å². The standard InChI is InChI=1S/C9H11BrN4/c1-12-5-8-13-9(10)6-3-2-4-7(11)14(6)8/h2-4,12H,5,11H2,1H3. The minimum Gasteiger partial charge on any atom is -0.385 e. The molecule has 0 aliphatic heterocycles. The SMILES string of the molecule is CNCc1nc(Br)c2cccc(N)n12. The molecule has 0 amide bonds. The Morgan fingerprint density at radius 2 is 2.36 bits per heavy atom. The van der Waals surface area contributed by atoms with E-state index in [2.05, 4.69) is 26.2 Å². The minimum atomic E-state index is 0.695. The molecule has 0 saturated carbocycles. The second-order valence-corrected chi connectivity index (χ2v) is 3.77. The lowest BCUT2D eigenvalue weighted by Crippen LogP contribution is -2.10. The maximum absolute atomic E-state index is 5.87. The fourth-order valence-electron chi connectivity index (χ4n) is 1.47. The number of anilines is 1. The number of nitrogens with two attached hydrogens (primary N) is 1. The van der Waals surface area contributed by atoms with Crippen molar-refractivity contribution in [2.45, 2.75) is 6.54 Å². The second kappa shape index (κ2) is 3.59. The largest absolute Gasteiger partial charge is 0.385 e. The van der Waals surface area contributed by atoms with Crippen LogP contribution >= 0.6 is 15.9 Å². The molecule has 0 saturated heterocycles. The number of imidazole rings is 1. The molecule has 0 spiro atoms. The van der Waals surface area contributed by atoms with Gasteiger partial charge in [0.1, 0.15) is 16.2 Å². The normalized spacial score (nSPS) is 11.0. The highest BCUT2D eigenvalue weighted by Gasteiger charge is 2.09. The molecule has 0 bridgehead atoms. The maximum Gasteiger partial charge on any atom is 0.132 e. The van der Waals surface area contributed by atoms with E-state index in [1.807, 2.05) is 29.6 Å². The molecule has 5 heteroatoms. The molecular weight excluding hydrogens is 244 g/mol. The fourth-order valence-corrected chi connectivity index (χ4v) is 1.99. The van der Waals surface area contributed by atoms with Gasteiger partial charge in [-0.15, -0.1) is 0 Å². The number of hydrogen-bond acceptors (Lipinski definition) is 3. The van der Waals surface area contributed by atoms with Gasteiger partial charge < -0.3 is 11.1 Å². The van der Waals surface area contributed by atoms with Crippen LogP contribution in [-0.4, -0.2) is 16.4 Å². The van der Waals surface area contributed by atoms with Crippen LogP contribution in [0.2, 0.25) is 0 Å². The Morgan fingerprint density at radius 3 is 3.07 bits per heavy atom. The number of nitrogens with zero attached hydrogens (tertiary/aromatic N) is 2. The first kappa shape index (κ1) is 9.48. The Hall–Kier alpha value is -1.07. The van der Waals surface area contributed by atoms with Crippen LogP contribution in [0, 0.1) is 0 Å². The third kappa shape index (κ3) is 1.38. The van der Waals surface area contributed by atoms with Gasteiger partial charge in [0.05, 0.1) is 12.1 Å². The molecule has 0 radical (unpaired) electrons. The van der Waals surface area contributed by atoms with E-state index in [4.69, 9.17) is 5.73 Å². The number of nitrogens with one attached hydrogen (secondary N) is 1. The molecule has 0 aliphatic rings. The summed E-state index contributed by atoms with van der Waals surface area (Å²) in [5.74, 6) is 1.61. The zero-order chi connectivity index (χ0) is 10.1. The third-order valence-electron chi connectivity index (χ3n) is 2.05. The van der Waals surface area contributed by atoms with Gasteiger partial charge in [0.15, 0.2) is 0 Å². The van der Waals surface area contributed by atoms with Crippen molar-refractivity contribution in [2.24, 2.45) is 0 Å². The predicted octanol–water partition coefficient (Wildman–Crippen LogP) is 1.40. The molecule has 0 fully saturated rings. The molecule has 0 aliphatic carbocycles. The average Bonchev–Trinajstić information content (AvgIpc) is 2.46. The summed E-state index contributed by atoms with van der Waals surface area (Å²) >= 11 is 3.41. The average molecular weight is 255 g/mol. The highest BCUT2D eigenvalue weighted by molar-refractivity contribution is 9.10.